The highest BCUT2D eigenvalue weighted by Crippen LogP contribution is 2.26. The van der Waals surface area contributed by atoms with Crippen LogP contribution in [0.4, 0.5) is 5.69 Å². The zero-order valence-electron chi connectivity index (χ0n) is 21.2. The quantitative estimate of drug-likeness (QED) is 0.335. The van der Waals surface area contributed by atoms with E-state index in [1.165, 1.54) is 4.68 Å². The van der Waals surface area contributed by atoms with Crippen LogP contribution >= 0.6 is 0 Å². The van der Waals surface area contributed by atoms with Crippen molar-refractivity contribution >= 4 is 15.7 Å². The number of benzene rings is 2. The highest BCUT2D eigenvalue weighted by Gasteiger charge is 2.29. The lowest BCUT2D eigenvalue weighted by molar-refractivity contribution is 0.109. The summed E-state index contributed by atoms with van der Waals surface area (Å²) in [5, 5.41) is 4.39. The fourth-order valence-corrected chi connectivity index (χ4v) is 5.82. The van der Waals surface area contributed by atoms with Crippen LogP contribution in [0.15, 0.2) is 71.7 Å². The first kappa shape index (κ1) is 26.8. The van der Waals surface area contributed by atoms with Gasteiger partial charge in [-0.05, 0) is 37.5 Å². The lowest BCUT2D eigenvalue weighted by atomic mass is 10.1. The van der Waals surface area contributed by atoms with Crippen molar-refractivity contribution in [1.29, 1.82) is 0 Å². The molecule has 0 N–H and O–H groups in total. The van der Waals surface area contributed by atoms with Gasteiger partial charge >= 0.3 is 5.56 Å². The van der Waals surface area contributed by atoms with Crippen LogP contribution in [0.5, 0.6) is 5.75 Å². The standard InChI is InChI=1S/C27H34N4O5S/c1-2-35-19-20-36-26-25(22-28-31(27(26)32)24-13-7-4-8-14-24)29-15-17-30(18-16-29)37(33,34)21-9-12-23-10-5-3-6-11-23/h3-8,10-11,13-14,22H,2,9,12,15-21H2,1H3. The Hall–Kier alpha value is -3.21. The molecule has 0 saturated carbocycles. The van der Waals surface area contributed by atoms with Crippen LogP contribution in [-0.2, 0) is 21.2 Å². The van der Waals surface area contributed by atoms with E-state index in [0.29, 0.717) is 57.2 Å². The molecule has 198 valence electrons. The molecule has 9 nitrogen and oxygen atoms in total. The van der Waals surface area contributed by atoms with Gasteiger partial charge in [-0.25, -0.2) is 8.42 Å². The summed E-state index contributed by atoms with van der Waals surface area (Å²) in [4.78, 5) is 15.3. The first-order valence-electron chi connectivity index (χ1n) is 12.6. The van der Waals surface area contributed by atoms with Gasteiger partial charge in [0.25, 0.3) is 0 Å². The van der Waals surface area contributed by atoms with Gasteiger partial charge in [0.2, 0.25) is 15.8 Å². The zero-order valence-corrected chi connectivity index (χ0v) is 22.0. The van der Waals surface area contributed by atoms with E-state index < -0.39 is 10.0 Å². The molecule has 1 fully saturated rings. The van der Waals surface area contributed by atoms with E-state index in [1.54, 1.807) is 22.6 Å². The third-order valence-electron chi connectivity index (χ3n) is 6.28. The van der Waals surface area contributed by atoms with Gasteiger partial charge in [0.05, 0.1) is 24.2 Å². The molecule has 0 amide bonds. The Kier molecular flexibility index (Phi) is 9.32. The Balaban J connectivity index is 1.44. The number of piperazine rings is 1. The van der Waals surface area contributed by atoms with Gasteiger partial charge in [0.15, 0.2) is 0 Å². The second-order valence-corrected chi connectivity index (χ2v) is 10.8. The minimum atomic E-state index is -3.36. The van der Waals surface area contributed by atoms with Gasteiger partial charge in [-0.3, -0.25) is 4.79 Å². The van der Waals surface area contributed by atoms with Crippen LogP contribution in [0.25, 0.3) is 5.69 Å². The molecule has 2 aromatic carbocycles. The lowest BCUT2D eigenvalue weighted by Gasteiger charge is -2.35. The lowest BCUT2D eigenvalue weighted by Crippen LogP contribution is -2.49. The second-order valence-electron chi connectivity index (χ2n) is 8.75. The third kappa shape index (κ3) is 6.97. The minimum absolute atomic E-state index is 0.113. The number of anilines is 1. The normalized spacial score (nSPS) is 14.6. The van der Waals surface area contributed by atoms with Gasteiger partial charge < -0.3 is 14.4 Å². The molecule has 0 unspecified atom stereocenters. The maximum atomic E-state index is 13.4. The number of para-hydroxylation sites is 1. The molecular formula is C27H34N4O5S. The van der Waals surface area contributed by atoms with Gasteiger partial charge in [-0.1, -0.05) is 48.5 Å². The van der Waals surface area contributed by atoms with Crippen molar-refractivity contribution in [3.05, 3.63) is 82.8 Å². The van der Waals surface area contributed by atoms with Crippen molar-refractivity contribution in [2.24, 2.45) is 0 Å². The van der Waals surface area contributed by atoms with E-state index in [4.69, 9.17) is 9.47 Å². The molecule has 0 spiro atoms. The number of ether oxygens (including phenoxy) is 2. The molecule has 0 bridgehead atoms. The summed E-state index contributed by atoms with van der Waals surface area (Å²) in [7, 11) is -3.36. The Bertz CT molecular complexity index is 1290. The number of nitrogens with zero attached hydrogens (tertiary/aromatic N) is 4. The Morgan fingerprint density at radius 2 is 1.59 bits per heavy atom. The molecule has 1 aromatic heterocycles. The summed E-state index contributed by atoms with van der Waals surface area (Å²) < 4.78 is 40.0. The van der Waals surface area contributed by atoms with Gasteiger partial charge in [0, 0.05) is 32.8 Å². The SMILES string of the molecule is CCOCCOc1c(N2CCN(S(=O)(=O)CCCc3ccccc3)CC2)cnn(-c2ccccc2)c1=O. The number of hydrogen-bond donors (Lipinski definition) is 0. The predicted octanol–water partition coefficient (Wildman–Crippen LogP) is 2.73. The molecule has 0 atom stereocenters. The fourth-order valence-electron chi connectivity index (χ4n) is 4.33. The van der Waals surface area contributed by atoms with E-state index >= 15 is 0 Å². The predicted molar refractivity (Wildman–Crippen MR) is 144 cm³/mol. The van der Waals surface area contributed by atoms with Crippen molar-refractivity contribution in [3.8, 4) is 11.4 Å². The smallest absolute Gasteiger partial charge is 0.316 e. The van der Waals surface area contributed by atoms with Crippen LogP contribution in [0, 0.1) is 0 Å². The molecule has 1 aliphatic heterocycles. The Morgan fingerprint density at radius 3 is 2.27 bits per heavy atom. The van der Waals surface area contributed by atoms with Gasteiger partial charge in [0.1, 0.15) is 12.3 Å². The highest BCUT2D eigenvalue weighted by molar-refractivity contribution is 7.89. The van der Waals surface area contributed by atoms with E-state index in [1.807, 2.05) is 60.4 Å². The number of rotatable bonds is 12. The summed E-state index contributed by atoms with van der Waals surface area (Å²) in [6, 6.07) is 19.1. The van der Waals surface area contributed by atoms with Crippen LogP contribution in [0.3, 0.4) is 0 Å². The van der Waals surface area contributed by atoms with Crippen LogP contribution in [0.1, 0.15) is 18.9 Å². The number of sulfonamides is 1. The maximum absolute atomic E-state index is 13.4. The van der Waals surface area contributed by atoms with Crippen molar-refractivity contribution in [1.82, 2.24) is 14.1 Å². The van der Waals surface area contributed by atoms with Crippen molar-refractivity contribution in [2.75, 3.05) is 56.7 Å². The third-order valence-corrected chi connectivity index (χ3v) is 8.23. The molecule has 3 aromatic rings. The first-order chi connectivity index (χ1) is 18.0. The first-order valence-corrected chi connectivity index (χ1v) is 14.3. The maximum Gasteiger partial charge on any atom is 0.316 e. The summed E-state index contributed by atoms with van der Waals surface area (Å²) >= 11 is 0. The highest BCUT2D eigenvalue weighted by atomic mass is 32.2. The van der Waals surface area contributed by atoms with Gasteiger partial charge in [-0.2, -0.15) is 14.1 Å². The average molecular weight is 527 g/mol. The molecule has 2 heterocycles. The summed E-state index contributed by atoms with van der Waals surface area (Å²) in [5.74, 6) is 0.306. The second kappa shape index (κ2) is 12.8. The Morgan fingerprint density at radius 1 is 0.919 bits per heavy atom. The zero-order chi connectivity index (χ0) is 26.1. The number of aryl methyl sites for hydroxylation is 1. The van der Waals surface area contributed by atoms with Crippen molar-refractivity contribution in [2.45, 2.75) is 19.8 Å². The monoisotopic (exact) mass is 526 g/mol. The molecule has 1 aliphatic rings. The Labute approximate surface area is 218 Å². The van der Waals surface area contributed by atoms with Crippen LogP contribution in [0.2, 0.25) is 0 Å². The molecule has 4 rings (SSSR count). The molecule has 0 aliphatic carbocycles. The summed E-state index contributed by atoms with van der Waals surface area (Å²) in [6.07, 6.45) is 2.92. The number of aromatic nitrogens is 2. The largest absolute Gasteiger partial charge is 0.484 e. The van der Waals surface area contributed by atoms with Crippen LogP contribution < -0.4 is 15.2 Å². The molecule has 0 radical (unpaired) electrons. The van der Waals surface area contributed by atoms with E-state index in [-0.39, 0.29) is 23.7 Å². The molecule has 1 saturated heterocycles. The fraction of sp³-hybridized carbons (Fsp3) is 0.407. The summed E-state index contributed by atoms with van der Waals surface area (Å²) in [6.45, 7) is 4.61. The molecular weight excluding hydrogens is 492 g/mol. The van der Waals surface area contributed by atoms with E-state index in [2.05, 4.69) is 5.10 Å². The minimum Gasteiger partial charge on any atom is -0.484 e. The topological polar surface area (TPSA) is 94.0 Å². The van der Waals surface area contributed by atoms with E-state index in [0.717, 1.165) is 12.0 Å². The van der Waals surface area contributed by atoms with E-state index in [9.17, 15) is 13.2 Å². The van der Waals surface area contributed by atoms with Gasteiger partial charge in [-0.15, -0.1) is 0 Å². The summed E-state index contributed by atoms with van der Waals surface area (Å²) in [5.41, 5.74) is 1.98. The van der Waals surface area contributed by atoms with Crippen molar-refractivity contribution in [3.63, 3.8) is 0 Å². The number of hydrogen-bond acceptors (Lipinski definition) is 7. The average Bonchev–Trinajstić information content (AvgIpc) is 2.93. The molecule has 37 heavy (non-hydrogen) atoms. The molecule has 10 heteroatoms. The van der Waals surface area contributed by atoms with Crippen LogP contribution in [-0.4, -0.2) is 74.3 Å². The van der Waals surface area contributed by atoms with Crippen molar-refractivity contribution < 1.29 is 17.9 Å².